The number of fused-ring (bicyclic) bond motifs is 1. The molecular formula is C11H8N6O2. The normalized spacial score (nSPS) is 10.5. The van der Waals surface area contributed by atoms with Gasteiger partial charge in [0.15, 0.2) is 17.0 Å². The molecule has 0 unspecified atom stereocenters. The standard InChI is InChI=1S/C11H8N6O2/c18-17(19)8-3-1-2-7(4-8)16-11-9-10(13-5-12-9)14-6-15-11/h1-6H,(H2,12,13,14,15,16). The maximum absolute atomic E-state index is 10.7. The fourth-order valence-electron chi connectivity index (χ4n) is 1.69. The zero-order valence-electron chi connectivity index (χ0n) is 9.57. The summed E-state index contributed by atoms with van der Waals surface area (Å²) in [6.45, 7) is 0. The van der Waals surface area contributed by atoms with Gasteiger partial charge < -0.3 is 10.3 Å². The molecule has 0 spiro atoms. The lowest BCUT2D eigenvalue weighted by molar-refractivity contribution is -0.384. The lowest BCUT2D eigenvalue weighted by atomic mass is 10.3. The summed E-state index contributed by atoms with van der Waals surface area (Å²) in [7, 11) is 0. The molecule has 0 aliphatic heterocycles. The van der Waals surface area contributed by atoms with Gasteiger partial charge in [-0.15, -0.1) is 0 Å². The molecule has 19 heavy (non-hydrogen) atoms. The first-order valence-corrected chi connectivity index (χ1v) is 5.39. The Balaban J connectivity index is 1.99. The third kappa shape index (κ3) is 2.06. The Kier molecular flexibility index (Phi) is 2.53. The molecule has 94 valence electrons. The van der Waals surface area contributed by atoms with Gasteiger partial charge in [-0.2, -0.15) is 0 Å². The van der Waals surface area contributed by atoms with Gasteiger partial charge in [-0.25, -0.2) is 15.0 Å². The molecule has 0 aliphatic carbocycles. The summed E-state index contributed by atoms with van der Waals surface area (Å²) in [5.41, 5.74) is 1.76. The van der Waals surface area contributed by atoms with Crippen molar-refractivity contribution in [3.05, 3.63) is 47.0 Å². The summed E-state index contributed by atoms with van der Waals surface area (Å²) in [6.07, 6.45) is 2.90. The van der Waals surface area contributed by atoms with Crippen molar-refractivity contribution in [1.29, 1.82) is 0 Å². The van der Waals surface area contributed by atoms with Gasteiger partial charge in [0.1, 0.15) is 6.33 Å². The second-order valence-electron chi connectivity index (χ2n) is 3.75. The maximum Gasteiger partial charge on any atom is 0.271 e. The van der Waals surface area contributed by atoms with Gasteiger partial charge in [-0.1, -0.05) is 6.07 Å². The van der Waals surface area contributed by atoms with Crippen LogP contribution in [0.25, 0.3) is 11.2 Å². The minimum Gasteiger partial charge on any atom is -0.338 e. The predicted octanol–water partition coefficient (Wildman–Crippen LogP) is 2.00. The number of rotatable bonds is 3. The van der Waals surface area contributed by atoms with Crippen molar-refractivity contribution in [2.45, 2.75) is 0 Å². The molecule has 0 fully saturated rings. The number of nitrogens with zero attached hydrogens (tertiary/aromatic N) is 4. The Bertz CT molecular complexity index is 754. The second-order valence-corrected chi connectivity index (χ2v) is 3.75. The van der Waals surface area contributed by atoms with Gasteiger partial charge in [0.2, 0.25) is 0 Å². The Morgan fingerprint density at radius 3 is 3.00 bits per heavy atom. The van der Waals surface area contributed by atoms with E-state index in [1.165, 1.54) is 24.8 Å². The quantitative estimate of drug-likeness (QED) is 0.547. The SMILES string of the molecule is O=[N+]([O-])c1cccc(Nc2ncnc3[nH]cnc23)c1. The first kappa shape index (κ1) is 11.1. The molecule has 0 amide bonds. The molecule has 0 aliphatic rings. The number of nitro groups is 1. The molecular weight excluding hydrogens is 248 g/mol. The van der Waals surface area contributed by atoms with Gasteiger partial charge in [0.25, 0.3) is 5.69 Å². The monoisotopic (exact) mass is 256 g/mol. The van der Waals surface area contributed by atoms with Crippen molar-refractivity contribution in [1.82, 2.24) is 19.9 Å². The first-order valence-electron chi connectivity index (χ1n) is 5.39. The molecule has 3 rings (SSSR count). The molecule has 0 bridgehead atoms. The molecule has 0 atom stereocenters. The van der Waals surface area contributed by atoms with Crippen molar-refractivity contribution in [2.24, 2.45) is 0 Å². The van der Waals surface area contributed by atoms with E-state index in [-0.39, 0.29) is 5.69 Å². The highest BCUT2D eigenvalue weighted by Gasteiger charge is 2.09. The van der Waals surface area contributed by atoms with Crippen LogP contribution in [0.3, 0.4) is 0 Å². The molecule has 3 aromatic rings. The highest BCUT2D eigenvalue weighted by atomic mass is 16.6. The zero-order valence-corrected chi connectivity index (χ0v) is 9.57. The van der Waals surface area contributed by atoms with Gasteiger partial charge in [0.05, 0.1) is 11.3 Å². The number of nitro benzene ring substituents is 1. The summed E-state index contributed by atoms with van der Waals surface area (Å²) in [6, 6.07) is 6.17. The fourth-order valence-corrected chi connectivity index (χ4v) is 1.69. The minimum absolute atomic E-state index is 0.0114. The van der Waals surface area contributed by atoms with Crippen molar-refractivity contribution in [3.8, 4) is 0 Å². The highest BCUT2D eigenvalue weighted by Crippen LogP contribution is 2.23. The molecule has 8 heteroatoms. The number of aromatic amines is 1. The lowest BCUT2D eigenvalue weighted by Gasteiger charge is -2.05. The highest BCUT2D eigenvalue weighted by molar-refractivity contribution is 5.84. The Morgan fingerprint density at radius 1 is 1.26 bits per heavy atom. The van der Waals surface area contributed by atoms with Crippen LogP contribution in [0, 0.1) is 10.1 Å². The first-order chi connectivity index (χ1) is 9.24. The predicted molar refractivity (Wildman–Crippen MR) is 68.1 cm³/mol. The Hall–Kier alpha value is -3.03. The van der Waals surface area contributed by atoms with E-state index in [4.69, 9.17) is 0 Å². The van der Waals surface area contributed by atoms with E-state index in [1.807, 2.05) is 0 Å². The minimum atomic E-state index is -0.449. The lowest BCUT2D eigenvalue weighted by Crippen LogP contribution is -1.96. The van der Waals surface area contributed by atoms with Crippen molar-refractivity contribution in [3.63, 3.8) is 0 Å². The molecule has 1 aromatic carbocycles. The summed E-state index contributed by atoms with van der Waals surface area (Å²) in [4.78, 5) is 25.3. The van der Waals surface area contributed by atoms with Gasteiger partial charge >= 0.3 is 0 Å². The number of nitrogens with one attached hydrogen (secondary N) is 2. The summed E-state index contributed by atoms with van der Waals surface area (Å²) >= 11 is 0. The van der Waals surface area contributed by atoms with Crippen LogP contribution in [0.2, 0.25) is 0 Å². The average molecular weight is 256 g/mol. The van der Waals surface area contributed by atoms with E-state index in [0.717, 1.165) is 0 Å². The number of imidazole rings is 1. The molecule has 2 heterocycles. The molecule has 8 nitrogen and oxygen atoms in total. The van der Waals surface area contributed by atoms with Gasteiger partial charge in [0, 0.05) is 17.8 Å². The smallest absolute Gasteiger partial charge is 0.271 e. The van der Waals surface area contributed by atoms with Gasteiger partial charge in [-0.05, 0) is 6.07 Å². The topological polar surface area (TPSA) is 110 Å². The van der Waals surface area contributed by atoms with Crippen molar-refractivity contribution in [2.75, 3.05) is 5.32 Å². The van der Waals surface area contributed by atoms with E-state index >= 15 is 0 Å². The molecule has 0 radical (unpaired) electrons. The van der Waals surface area contributed by atoms with Crippen LogP contribution in [-0.4, -0.2) is 24.9 Å². The Morgan fingerprint density at radius 2 is 2.16 bits per heavy atom. The van der Waals surface area contributed by atoms with Crippen LogP contribution in [0.5, 0.6) is 0 Å². The number of benzene rings is 1. The fraction of sp³-hybridized carbons (Fsp3) is 0. The molecule has 0 saturated carbocycles. The van der Waals surface area contributed by atoms with Crippen LogP contribution in [-0.2, 0) is 0 Å². The maximum atomic E-state index is 10.7. The number of aromatic nitrogens is 4. The van der Waals surface area contributed by atoms with Crippen LogP contribution in [0.15, 0.2) is 36.9 Å². The van der Waals surface area contributed by atoms with Crippen LogP contribution in [0.1, 0.15) is 0 Å². The summed E-state index contributed by atoms with van der Waals surface area (Å²) in [5, 5.41) is 13.7. The number of hydrogen-bond acceptors (Lipinski definition) is 6. The van der Waals surface area contributed by atoms with E-state index in [9.17, 15) is 10.1 Å². The van der Waals surface area contributed by atoms with E-state index in [2.05, 4.69) is 25.3 Å². The van der Waals surface area contributed by atoms with Crippen molar-refractivity contribution < 1.29 is 4.92 Å². The number of non-ortho nitro benzene ring substituents is 1. The van der Waals surface area contributed by atoms with Crippen molar-refractivity contribution >= 4 is 28.4 Å². The van der Waals surface area contributed by atoms with Crippen LogP contribution < -0.4 is 5.32 Å². The molecule has 2 aromatic heterocycles. The Labute approximate surface area is 106 Å². The second kappa shape index (κ2) is 4.33. The number of H-pyrrole nitrogens is 1. The number of anilines is 2. The van der Waals surface area contributed by atoms with E-state index < -0.39 is 4.92 Å². The van der Waals surface area contributed by atoms with E-state index in [1.54, 1.807) is 12.1 Å². The van der Waals surface area contributed by atoms with Crippen LogP contribution in [0.4, 0.5) is 17.2 Å². The van der Waals surface area contributed by atoms with Gasteiger partial charge in [-0.3, -0.25) is 10.1 Å². The zero-order chi connectivity index (χ0) is 13.2. The molecule has 0 saturated heterocycles. The van der Waals surface area contributed by atoms with E-state index in [0.29, 0.717) is 22.7 Å². The third-order valence-corrected chi connectivity index (χ3v) is 2.54. The van der Waals surface area contributed by atoms with Crippen LogP contribution >= 0.6 is 0 Å². The average Bonchev–Trinajstić information content (AvgIpc) is 2.88. The number of hydrogen-bond donors (Lipinski definition) is 2. The third-order valence-electron chi connectivity index (χ3n) is 2.54. The summed E-state index contributed by atoms with van der Waals surface area (Å²) in [5.74, 6) is 0.492. The summed E-state index contributed by atoms with van der Waals surface area (Å²) < 4.78 is 0. The molecule has 2 N–H and O–H groups in total. The largest absolute Gasteiger partial charge is 0.338 e.